The molecule has 28 heavy (non-hydrogen) atoms. The molecule has 1 aliphatic carbocycles. The molecule has 7 heteroatoms. The summed E-state index contributed by atoms with van der Waals surface area (Å²) in [6.07, 6.45) is 1.96. The van der Waals surface area contributed by atoms with E-state index in [1.807, 2.05) is 18.2 Å². The highest BCUT2D eigenvalue weighted by Gasteiger charge is 2.32. The number of halogens is 1. The van der Waals surface area contributed by atoms with Gasteiger partial charge in [-0.15, -0.1) is 0 Å². The number of amides is 1. The third kappa shape index (κ3) is 4.24. The maximum Gasteiger partial charge on any atom is 0.263 e. The molecule has 0 unspecified atom stereocenters. The molecule has 1 amide bonds. The van der Waals surface area contributed by atoms with Gasteiger partial charge in [-0.2, -0.15) is 0 Å². The Bertz CT molecular complexity index is 894. The van der Waals surface area contributed by atoms with E-state index in [1.54, 1.807) is 24.0 Å². The van der Waals surface area contributed by atoms with Gasteiger partial charge in [0.1, 0.15) is 5.82 Å². The zero-order valence-electron chi connectivity index (χ0n) is 15.6. The fourth-order valence-corrected chi connectivity index (χ4v) is 3.04. The van der Waals surface area contributed by atoms with Crippen LogP contribution in [0.15, 0.2) is 47.6 Å². The van der Waals surface area contributed by atoms with Crippen molar-refractivity contribution >= 4 is 11.6 Å². The molecule has 2 aliphatic rings. The lowest BCUT2D eigenvalue weighted by atomic mass is 10.1. The van der Waals surface area contributed by atoms with Crippen LogP contribution in [0.5, 0.6) is 11.5 Å². The number of nitrogens with zero attached hydrogens (tertiary/aromatic N) is 2. The number of benzene rings is 2. The van der Waals surface area contributed by atoms with Gasteiger partial charge in [0.25, 0.3) is 5.91 Å². The molecular weight excluding hydrogens is 363 g/mol. The average Bonchev–Trinajstić information content (AvgIpc) is 3.43. The van der Waals surface area contributed by atoms with Gasteiger partial charge in [-0.1, -0.05) is 17.3 Å². The quantitative estimate of drug-likeness (QED) is 0.542. The van der Waals surface area contributed by atoms with Crippen molar-refractivity contribution in [3.05, 3.63) is 59.4 Å². The molecule has 146 valence electrons. The van der Waals surface area contributed by atoms with Crippen LogP contribution in [0.4, 0.5) is 4.39 Å². The molecule has 0 atom stereocenters. The van der Waals surface area contributed by atoms with E-state index < -0.39 is 0 Å². The minimum Gasteiger partial charge on any atom is -0.454 e. The molecule has 0 aromatic heterocycles. The maximum atomic E-state index is 13.1. The SMILES string of the molecule is C/C(=N\OCC(=O)N(Cc1ccc(F)cc1)C1CC1)c1ccc2c(c1)OCO2. The van der Waals surface area contributed by atoms with Crippen molar-refractivity contribution in [3.63, 3.8) is 0 Å². The second-order valence-corrected chi connectivity index (χ2v) is 6.90. The number of carbonyl (C=O) groups is 1. The molecule has 1 saturated carbocycles. The van der Waals surface area contributed by atoms with Crippen LogP contribution < -0.4 is 9.47 Å². The first kappa shape index (κ1) is 18.3. The van der Waals surface area contributed by atoms with Crippen molar-refractivity contribution < 1.29 is 23.5 Å². The van der Waals surface area contributed by atoms with Crippen LogP contribution in [0.2, 0.25) is 0 Å². The molecule has 1 aliphatic heterocycles. The molecule has 4 rings (SSSR count). The number of fused-ring (bicyclic) bond motifs is 1. The number of hydrogen-bond donors (Lipinski definition) is 0. The molecule has 1 heterocycles. The topological polar surface area (TPSA) is 60.4 Å². The van der Waals surface area contributed by atoms with Gasteiger partial charge in [0.15, 0.2) is 18.1 Å². The Kier molecular flexibility index (Phi) is 5.14. The summed E-state index contributed by atoms with van der Waals surface area (Å²) in [4.78, 5) is 19.7. The first-order valence-corrected chi connectivity index (χ1v) is 9.20. The molecule has 0 radical (unpaired) electrons. The van der Waals surface area contributed by atoms with Crippen molar-refractivity contribution in [3.8, 4) is 11.5 Å². The van der Waals surface area contributed by atoms with Crippen LogP contribution in [0, 0.1) is 5.82 Å². The van der Waals surface area contributed by atoms with Crippen molar-refractivity contribution in [2.45, 2.75) is 32.4 Å². The van der Waals surface area contributed by atoms with Gasteiger partial charge in [0.05, 0.1) is 5.71 Å². The molecule has 2 aromatic rings. The van der Waals surface area contributed by atoms with E-state index in [9.17, 15) is 9.18 Å². The summed E-state index contributed by atoms with van der Waals surface area (Å²) in [6.45, 7) is 2.32. The molecule has 2 aromatic carbocycles. The van der Waals surface area contributed by atoms with Crippen molar-refractivity contribution in [1.29, 1.82) is 0 Å². The van der Waals surface area contributed by atoms with E-state index in [0.717, 1.165) is 24.0 Å². The summed E-state index contributed by atoms with van der Waals surface area (Å²) in [5.41, 5.74) is 2.37. The van der Waals surface area contributed by atoms with Gasteiger partial charge in [-0.25, -0.2) is 4.39 Å². The third-order valence-corrected chi connectivity index (χ3v) is 4.75. The lowest BCUT2D eigenvalue weighted by Crippen LogP contribution is -2.35. The fourth-order valence-electron chi connectivity index (χ4n) is 3.04. The van der Waals surface area contributed by atoms with Crippen molar-refractivity contribution in [2.75, 3.05) is 13.4 Å². The zero-order valence-corrected chi connectivity index (χ0v) is 15.6. The molecule has 6 nitrogen and oxygen atoms in total. The van der Waals surface area contributed by atoms with Crippen molar-refractivity contribution in [1.82, 2.24) is 4.90 Å². The van der Waals surface area contributed by atoms with Crippen molar-refractivity contribution in [2.24, 2.45) is 5.16 Å². The van der Waals surface area contributed by atoms with Crippen LogP contribution in [-0.4, -0.2) is 36.0 Å². The second-order valence-electron chi connectivity index (χ2n) is 6.90. The third-order valence-electron chi connectivity index (χ3n) is 4.75. The predicted octanol–water partition coefficient (Wildman–Crippen LogP) is 3.49. The standard InChI is InChI=1S/C21H21FN2O4/c1-14(16-4-9-19-20(10-16)27-13-26-19)23-28-12-21(25)24(18-7-8-18)11-15-2-5-17(22)6-3-15/h2-6,9-10,18H,7-8,11-13H2,1H3/b23-14+. The van der Waals surface area contributed by atoms with Gasteiger partial charge >= 0.3 is 0 Å². The zero-order chi connectivity index (χ0) is 19.5. The molecule has 0 spiro atoms. The smallest absolute Gasteiger partial charge is 0.263 e. The van der Waals surface area contributed by atoms with E-state index in [4.69, 9.17) is 14.3 Å². The van der Waals surface area contributed by atoms with E-state index in [1.165, 1.54) is 12.1 Å². The molecular formula is C21H21FN2O4. The predicted molar refractivity (Wildman–Crippen MR) is 101 cm³/mol. The summed E-state index contributed by atoms with van der Waals surface area (Å²) >= 11 is 0. The second kappa shape index (κ2) is 7.88. The van der Waals surface area contributed by atoms with Crippen LogP contribution >= 0.6 is 0 Å². The first-order chi connectivity index (χ1) is 13.6. The highest BCUT2D eigenvalue weighted by molar-refractivity contribution is 5.99. The first-order valence-electron chi connectivity index (χ1n) is 9.20. The van der Waals surface area contributed by atoms with E-state index in [-0.39, 0.29) is 31.2 Å². The van der Waals surface area contributed by atoms with E-state index >= 15 is 0 Å². The molecule has 1 fully saturated rings. The molecule has 0 N–H and O–H groups in total. The molecule has 0 saturated heterocycles. The summed E-state index contributed by atoms with van der Waals surface area (Å²) in [7, 11) is 0. The number of carbonyl (C=O) groups excluding carboxylic acids is 1. The van der Waals surface area contributed by atoms with E-state index in [0.29, 0.717) is 23.8 Å². The Morgan fingerprint density at radius 1 is 1.18 bits per heavy atom. The highest BCUT2D eigenvalue weighted by Crippen LogP contribution is 2.32. The maximum absolute atomic E-state index is 13.1. The largest absolute Gasteiger partial charge is 0.454 e. The minimum absolute atomic E-state index is 0.130. The van der Waals surface area contributed by atoms with Crippen LogP contribution in [0.25, 0.3) is 0 Å². The number of oxime groups is 1. The van der Waals surface area contributed by atoms with E-state index in [2.05, 4.69) is 5.16 Å². The Morgan fingerprint density at radius 3 is 2.68 bits per heavy atom. The highest BCUT2D eigenvalue weighted by atomic mass is 19.1. The van der Waals surface area contributed by atoms with Crippen LogP contribution in [0.1, 0.15) is 30.9 Å². The summed E-state index contributed by atoms with van der Waals surface area (Å²) in [5.74, 6) is 0.953. The number of hydrogen-bond acceptors (Lipinski definition) is 5. The average molecular weight is 384 g/mol. The molecule has 0 bridgehead atoms. The Morgan fingerprint density at radius 2 is 1.93 bits per heavy atom. The van der Waals surface area contributed by atoms with Gasteiger partial charge in [0.2, 0.25) is 6.79 Å². The fraction of sp³-hybridized carbons (Fsp3) is 0.333. The number of rotatable bonds is 7. The summed E-state index contributed by atoms with van der Waals surface area (Å²) in [5, 5.41) is 4.06. The van der Waals surface area contributed by atoms with Gasteiger partial charge in [-0.3, -0.25) is 4.79 Å². The number of ether oxygens (including phenoxy) is 2. The normalized spacial score (nSPS) is 15.4. The Balaban J connectivity index is 1.35. The lowest BCUT2D eigenvalue weighted by Gasteiger charge is -2.22. The monoisotopic (exact) mass is 384 g/mol. The minimum atomic E-state index is -0.287. The van der Waals surface area contributed by atoms with Gasteiger partial charge in [-0.05, 0) is 55.7 Å². The van der Waals surface area contributed by atoms with Gasteiger partial charge < -0.3 is 19.2 Å². The lowest BCUT2D eigenvalue weighted by molar-refractivity contribution is -0.137. The summed E-state index contributed by atoms with van der Waals surface area (Å²) < 4.78 is 23.7. The Hall–Kier alpha value is -3.09. The summed E-state index contributed by atoms with van der Waals surface area (Å²) in [6, 6.07) is 11.9. The van der Waals surface area contributed by atoms with Crippen LogP contribution in [-0.2, 0) is 16.2 Å². The van der Waals surface area contributed by atoms with Gasteiger partial charge in [0, 0.05) is 18.2 Å². The van der Waals surface area contributed by atoms with Crippen LogP contribution in [0.3, 0.4) is 0 Å². The Labute approximate surface area is 162 Å².